The minimum absolute atomic E-state index is 0.0722. The number of carbonyl (C=O) groups excluding carboxylic acids is 1. The zero-order chi connectivity index (χ0) is 17.4. The molecule has 6 heteroatoms. The van der Waals surface area contributed by atoms with E-state index in [1.165, 1.54) is 12.8 Å². The third kappa shape index (κ3) is 3.11. The van der Waals surface area contributed by atoms with Crippen LogP contribution in [0.2, 0.25) is 0 Å². The highest BCUT2D eigenvalue weighted by Gasteiger charge is 2.35. The molecule has 6 nitrogen and oxygen atoms in total. The number of nitrogens with zero attached hydrogens (tertiary/aromatic N) is 4. The van der Waals surface area contributed by atoms with E-state index >= 15 is 0 Å². The van der Waals surface area contributed by atoms with E-state index in [9.17, 15) is 4.79 Å². The van der Waals surface area contributed by atoms with Gasteiger partial charge in [0.2, 0.25) is 0 Å². The summed E-state index contributed by atoms with van der Waals surface area (Å²) >= 11 is 0. The zero-order valence-corrected chi connectivity index (χ0v) is 15.1. The molecule has 1 N–H and O–H groups in total. The van der Waals surface area contributed by atoms with Gasteiger partial charge in [-0.2, -0.15) is 0 Å². The lowest BCUT2D eigenvalue weighted by Crippen LogP contribution is -2.45. The van der Waals surface area contributed by atoms with Gasteiger partial charge in [0, 0.05) is 38.3 Å². The van der Waals surface area contributed by atoms with Gasteiger partial charge in [0.15, 0.2) is 0 Å². The number of likely N-dealkylation sites (tertiary alicyclic amines) is 1. The van der Waals surface area contributed by atoms with E-state index in [-0.39, 0.29) is 6.03 Å². The average Bonchev–Trinajstić information content (AvgIpc) is 3.03. The number of imidazole rings is 1. The van der Waals surface area contributed by atoms with Crippen LogP contribution in [0.5, 0.6) is 0 Å². The second kappa shape index (κ2) is 6.67. The second-order valence-corrected chi connectivity index (χ2v) is 7.32. The first-order valence-corrected chi connectivity index (χ1v) is 9.30. The molecule has 2 bridgehead atoms. The van der Waals surface area contributed by atoms with Crippen molar-refractivity contribution in [3.05, 3.63) is 30.1 Å². The zero-order valence-electron chi connectivity index (χ0n) is 15.1. The maximum Gasteiger partial charge on any atom is 0.317 e. The summed E-state index contributed by atoms with van der Waals surface area (Å²) in [6, 6.07) is 9.40. The number of urea groups is 1. The molecule has 2 aliphatic heterocycles. The van der Waals surface area contributed by atoms with Crippen LogP contribution >= 0.6 is 0 Å². The van der Waals surface area contributed by atoms with E-state index in [0.29, 0.717) is 18.6 Å². The lowest BCUT2D eigenvalue weighted by Gasteiger charge is -2.26. The fourth-order valence-corrected chi connectivity index (χ4v) is 4.36. The lowest BCUT2D eigenvalue weighted by atomic mass is 10.1. The van der Waals surface area contributed by atoms with Crippen LogP contribution in [0.3, 0.4) is 0 Å². The molecule has 2 aromatic rings. The van der Waals surface area contributed by atoms with Gasteiger partial charge in [0.1, 0.15) is 5.82 Å². The Kier molecular flexibility index (Phi) is 4.37. The monoisotopic (exact) mass is 341 g/mol. The Morgan fingerprint density at radius 3 is 2.92 bits per heavy atom. The molecule has 0 spiro atoms. The highest BCUT2D eigenvalue weighted by atomic mass is 16.2. The standard InChI is InChI=1S/C19H27N5O/c1-14-21-17-5-3-4-6-18(17)24(14)12-10-20-19(25)23-11-9-15-7-8-16(13-23)22(15)2/h3-6,15-16H,7-13H2,1-2H3,(H,20,25). The van der Waals surface area contributed by atoms with E-state index in [0.717, 1.165) is 42.9 Å². The van der Waals surface area contributed by atoms with Gasteiger partial charge in [-0.15, -0.1) is 0 Å². The van der Waals surface area contributed by atoms with Gasteiger partial charge in [0.05, 0.1) is 11.0 Å². The SMILES string of the molecule is Cc1nc2ccccc2n1CCNC(=O)N1CCC2CCC(C1)N2C. The van der Waals surface area contributed by atoms with Crippen LogP contribution in [0.4, 0.5) is 4.79 Å². The van der Waals surface area contributed by atoms with Crippen molar-refractivity contribution in [3.63, 3.8) is 0 Å². The van der Waals surface area contributed by atoms with Gasteiger partial charge < -0.3 is 14.8 Å². The molecule has 0 radical (unpaired) electrons. The highest BCUT2D eigenvalue weighted by Crippen LogP contribution is 2.28. The Bertz CT molecular complexity index is 770. The predicted octanol–water partition coefficient (Wildman–Crippen LogP) is 2.22. The van der Waals surface area contributed by atoms with Crippen LogP contribution in [0, 0.1) is 6.92 Å². The molecule has 3 heterocycles. The van der Waals surface area contributed by atoms with Crippen molar-refractivity contribution >= 4 is 17.1 Å². The maximum absolute atomic E-state index is 12.6. The summed E-state index contributed by atoms with van der Waals surface area (Å²) in [6.45, 7) is 5.11. The van der Waals surface area contributed by atoms with Gasteiger partial charge in [0.25, 0.3) is 0 Å². The van der Waals surface area contributed by atoms with E-state index in [4.69, 9.17) is 0 Å². The number of amides is 2. The number of aromatic nitrogens is 2. The summed E-state index contributed by atoms with van der Waals surface area (Å²) < 4.78 is 2.17. The molecule has 1 aromatic carbocycles. The molecular formula is C19H27N5O. The van der Waals surface area contributed by atoms with Crippen molar-refractivity contribution in [2.75, 3.05) is 26.7 Å². The molecular weight excluding hydrogens is 314 g/mol. The largest absolute Gasteiger partial charge is 0.336 e. The lowest BCUT2D eigenvalue weighted by molar-refractivity contribution is 0.188. The molecule has 25 heavy (non-hydrogen) atoms. The fourth-order valence-electron chi connectivity index (χ4n) is 4.36. The Morgan fingerprint density at radius 1 is 1.24 bits per heavy atom. The van der Waals surface area contributed by atoms with E-state index in [1.807, 2.05) is 30.0 Å². The van der Waals surface area contributed by atoms with Gasteiger partial charge in [-0.05, 0) is 45.4 Å². The first-order chi connectivity index (χ1) is 12.1. The second-order valence-electron chi connectivity index (χ2n) is 7.32. The molecule has 0 aliphatic carbocycles. The third-order valence-corrected chi connectivity index (χ3v) is 5.89. The fraction of sp³-hybridized carbons (Fsp3) is 0.579. The van der Waals surface area contributed by atoms with Crippen molar-refractivity contribution in [1.82, 2.24) is 24.7 Å². The minimum Gasteiger partial charge on any atom is -0.336 e. The van der Waals surface area contributed by atoms with Crippen LogP contribution in [-0.2, 0) is 6.54 Å². The minimum atomic E-state index is 0.0722. The maximum atomic E-state index is 12.6. The smallest absolute Gasteiger partial charge is 0.317 e. The van der Waals surface area contributed by atoms with E-state index in [2.05, 4.69) is 32.9 Å². The van der Waals surface area contributed by atoms with Crippen molar-refractivity contribution < 1.29 is 4.79 Å². The van der Waals surface area contributed by atoms with Crippen LogP contribution in [0.25, 0.3) is 11.0 Å². The molecule has 2 saturated heterocycles. The molecule has 1 aromatic heterocycles. The normalized spacial score (nSPS) is 23.8. The van der Waals surface area contributed by atoms with Crippen molar-refractivity contribution in [1.29, 1.82) is 0 Å². The Balaban J connectivity index is 1.35. The quantitative estimate of drug-likeness (QED) is 0.931. The number of hydrogen-bond acceptors (Lipinski definition) is 3. The predicted molar refractivity (Wildman–Crippen MR) is 98.6 cm³/mol. The Labute approximate surface area is 148 Å². The van der Waals surface area contributed by atoms with Gasteiger partial charge in [-0.3, -0.25) is 4.90 Å². The van der Waals surface area contributed by atoms with Crippen LogP contribution < -0.4 is 5.32 Å². The summed E-state index contributed by atoms with van der Waals surface area (Å²) in [5, 5.41) is 3.10. The number of rotatable bonds is 3. The third-order valence-electron chi connectivity index (χ3n) is 5.89. The summed E-state index contributed by atoms with van der Waals surface area (Å²) in [5.74, 6) is 0.990. The van der Waals surface area contributed by atoms with Crippen molar-refractivity contribution in [2.24, 2.45) is 0 Å². The van der Waals surface area contributed by atoms with Gasteiger partial charge in [-0.25, -0.2) is 9.78 Å². The number of fused-ring (bicyclic) bond motifs is 3. The first-order valence-electron chi connectivity index (χ1n) is 9.30. The summed E-state index contributed by atoms with van der Waals surface area (Å²) in [5.41, 5.74) is 2.14. The Hall–Kier alpha value is -2.08. The number of benzene rings is 1. The molecule has 0 saturated carbocycles. The summed E-state index contributed by atoms with van der Waals surface area (Å²) in [4.78, 5) is 21.6. The van der Waals surface area contributed by atoms with Crippen LogP contribution in [0.1, 0.15) is 25.1 Å². The number of hydrogen-bond donors (Lipinski definition) is 1. The topological polar surface area (TPSA) is 53.4 Å². The average molecular weight is 341 g/mol. The molecule has 2 unspecified atom stereocenters. The Morgan fingerprint density at radius 2 is 2.04 bits per heavy atom. The number of aryl methyl sites for hydroxylation is 1. The van der Waals surface area contributed by atoms with E-state index in [1.54, 1.807) is 0 Å². The van der Waals surface area contributed by atoms with Crippen molar-refractivity contribution in [2.45, 2.75) is 44.8 Å². The number of likely N-dealkylation sites (N-methyl/N-ethyl adjacent to an activating group) is 1. The van der Waals surface area contributed by atoms with Crippen LogP contribution in [-0.4, -0.2) is 64.1 Å². The molecule has 2 amide bonds. The highest BCUT2D eigenvalue weighted by molar-refractivity contribution is 5.76. The summed E-state index contributed by atoms with van der Waals surface area (Å²) in [7, 11) is 2.21. The molecule has 2 atom stereocenters. The van der Waals surface area contributed by atoms with Gasteiger partial charge in [-0.1, -0.05) is 12.1 Å². The number of nitrogens with one attached hydrogen (secondary N) is 1. The van der Waals surface area contributed by atoms with Crippen LogP contribution in [0.15, 0.2) is 24.3 Å². The first kappa shape index (κ1) is 16.4. The number of para-hydroxylation sites is 2. The van der Waals surface area contributed by atoms with E-state index < -0.39 is 0 Å². The van der Waals surface area contributed by atoms with Crippen molar-refractivity contribution in [3.8, 4) is 0 Å². The molecule has 2 aliphatic rings. The van der Waals surface area contributed by atoms with Gasteiger partial charge >= 0.3 is 6.03 Å². The number of carbonyl (C=O) groups is 1. The molecule has 2 fully saturated rings. The molecule has 4 rings (SSSR count). The summed E-state index contributed by atoms with van der Waals surface area (Å²) in [6.07, 6.45) is 3.58. The molecule has 134 valence electrons.